The molecule has 2 rings (SSSR count). The second kappa shape index (κ2) is 7.25. The molecule has 1 fully saturated rings. The first kappa shape index (κ1) is 19.0. The monoisotopic (exact) mass is 346 g/mol. The summed E-state index contributed by atoms with van der Waals surface area (Å²) in [5, 5.41) is 15.1. The molecule has 2 amide bonds. The van der Waals surface area contributed by atoms with Crippen molar-refractivity contribution >= 4 is 23.5 Å². The first-order chi connectivity index (χ1) is 11.6. The fraction of sp³-hybridized carbons (Fsp3) is 0.526. The smallest absolute Gasteiger partial charge is 0.310 e. The van der Waals surface area contributed by atoms with Crippen LogP contribution in [0.4, 0.5) is 5.69 Å². The molecule has 6 heteroatoms. The van der Waals surface area contributed by atoms with E-state index in [-0.39, 0.29) is 23.8 Å². The summed E-state index contributed by atoms with van der Waals surface area (Å²) in [4.78, 5) is 36.1. The number of carbonyl (C=O) groups is 3. The quantitative estimate of drug-likeness (QED) is 0.763. The number of hydrogen-bond donors (Lipinski definition) is 3. The standard InChI is InChI=1S/C19H26N2O4/c1-18(2,3)21-16(23)13-7-6-8-14(11-13)20-15(22)12-19(17(24)25)9-4-5-10-19/h6-8,11H,4-5,9-10,12H2,1-3H3,(H,20,22)(H,21,23)(H,24,25). The third-order valence-corrected chi connectivity index (χ3v) is 4.41. The van der Waals surface area contributed by atoms with Gasteiger partial charge in [0.2, 0.25) is 5.91 Å². The summed E-state index contributed by atoms with van der Waals surface area (Å²) in [5.74, 6) is -1.46. The Morgan fingerprint density at radius 1 is 1.16 bits per heavy atom. The largest absolute Gasteiger partial charge is 0.481 e. The Balaban J connectivity index is 2.05. The Morgan fingerprint density at radius 3 is 2.36 bits per heavy atom. The van der Waals surface area contributed by atoms with Crippen molar-refractivity contribution in [3.05, 3.63) is 29.8 Å². The van der Waals surface area contributed by atoms with Crippen LogP contribution in [0.2, 0.25) is 0 Å². The highest BCUT2D eigenvalue weighted by Crippen LogP contribution is 2.41. The van der Waals surface area contributed by atoms with Crippen LogP contribution in [0.15, 0.2) is 24.3 Å². The van der Waals surface area contributed by atoms with Crippen LogP contribution in [0.25, 0.3) is 0 Å². The maximum Gasteiger partial charge on any atom is 0.310 e. The fourth-order valence-corrected chi connectivity index (χ4v) is 3.18. The summed E-state index contributed by atoms with van der Waals surface area (Å²) < 4.78 is 0. The van der Waals surface area contributed by atoms with Crippen LogP contribution < -0.4 is 10.6 Å². The molecule has 0 radical (unpaired) electrons. The van der Waals surface area contributed by atoms with Gasteiger partial charge in [0.25, 0.3) is 5.91 Å². The first-order valence-electron chi connectivity index (χ1n) is 8.57. The van der Waals surface area contributed by atoms with Crippen molar-refractivity contribution in [1.82, 2.24) is 5.32 Å². The van der Waals surface area contributed by atoms with Crippen molar-refractivity contribution in [3.63, 3.8) is 0 Å². The van der Waals surface area contributed by atoms with E-state index in [2.05, 4.69) is 10.6 Å². The van der Waals surface area contributed by atoms with Gasteiger partial charge in [-0.15, -0.1) is 0 Å². The molecule has 0 aliphatic heterocycles. The van der Waals surface area contributed by atoms with Gasteiger partial charge < -0.3 is 15.7 Å². The van der Waals surface area contributed by atoms with Crippen molar-refractivity contribution in [2.24, 2.45) is 5.41 Å². The topological polar surface area (TPSA) is 95.5 Å². The van der Waals surface area contributed by atoms with E-state index in [0.717, 1.165) is 12.8 Å². The van der Waals surface area contributed by atoms with E-state index in [4.69, 9.17) is 0 Å². The predicted octanol–water partition coefficient (Wildman–Crippen LogP) is 3.19. The van der Waals surface area contributed by atoms with Crippen molar-refractivity contribution < 1.29 is 19.5 Å². The lowest BCUT2D eigenvalue weighted by molar-refractivity contribution is -0.150. The van der Waals surface area contributed by atoms with Gasteiger partial charge >= 0.3 is 5.97 Å². The van der Waals surface area contributed by atoms with E-state index in [9.17, 15) is 19.5 Å². The van der Waals surface area contributed by atoms with Gasteiger partial charge in [-0.05, 0) is 51.8 Å². The molecular formula is C19H26N2O4. The number of carboxylic acid groups (broad SMARTS) is 1. The number of carboxylic acids is 1. The lowest BCUT2D eigenvalue weighted by atomic mass is 9.82. The van der Waals surface area contributed by atoms with Crippen molar-refractivity contribution in [2.75, 3.05) is 5.32 Å². The van der Waals surface area contributed by atoms with E-state index >= 15 is 0 Å². The summed E-state index contributed by atoms with van der Waals surface area (Å²) in [7, 11) is 0. The molecule has 3 N–H and O–H groups in total. The first-order valence-corrected chi connectivity index (χ1v) is 8.57. The van der Waals surface area contributed by atoms with Gasteiger partial charge in [-0.25, -0.2) is 0 Å². The Morgan fingerprint density at radius 2 is 1.80 bits per heavy atom. The molecule has 1 aliphatic carbocycles. The second-order valence-electron chi connectivity index (χ2n) is 7.80. The van der Waals surface area contributed by atoms with Gasteiger partial charge in [-0.2, -0.15) is 0 Å². The van der Waals surface area contributed by atoms with Gasteiger partial charge in [0.1, 0.15) is 0 Å². The highest BCUT2D eigenvalue weighted by Gasteiger charge is 2.42. The highest BCUT2D eigenvalue weighted by molar-refractivity contribution is 5.98. The van der Waals surface area contributed by atoms with Crippen LogP contribution in [0.3, 0.4) is 0 Å². The Kier molecular flexibility index (Phi) is 5.50. The number of aliphatic carboxylic acids is 1. The van der Waals surface area contributed by atoms with Crippen molar-refractivity contribution in [1.29, 1.82) is 0 Å². The number of benzene rings is 1. The zero-order chi connectivity index (χ0) is 18.7. The summed E-state index contributed by atoms with van der Waals surface area (Å²) in [6.45, 7) is 5.68. The SMILES string of the molecule is CC(C)(C)NC(=O)c1cccc(NC(=O)CC2(C(=O)O)CCCC2)c1. The molecule has 25 heavy (non-hydrogen) atoms. The molecule has 1 aliphatic rings. The van der Waals surface area contributed by atoms with Crippen LogP contribution >= 0.6 is 0 Å². The number of hydrogen-bond acceptors (Lipinski definition) is 3. The van der Waals surface area contributed by atoms with E-state index in [1.165, 1.54) is 0 Å². The summed E-state index contributed by atoms with van der Waals surface area (Å²) in [6, 6.07) is 6.65. The van der Waals surface area contributed by atoms with Gasteiger partial charge in [-0.3, -0.25) is 14.4 Å². The van der Waals surface area contributed by atoms with Crippen molar-refractivity contribution in [2.45, 2.75) is 58.4 Å². The number of rotatable bonds is 5. The number of nitrogens with one attached hydrogen (secondary N) is 2. The molecule has 6 nitrogen and oxygen atoms in total. The van der Waals surface area contributed by atoms with Crippen LogP contribution in [0.1, 0.15) is 63.2 Å². The molecular weight excluding hydrogens is 320 g/mol. The van der Waals surface area contributed by atoms with E-state index in [1.807, 2.05) is 20.8 Å². The number of anilines is 1. The Bertz CT molecular complexity index is 670. The van der Waals surface area contributed by atoms with Crippen LogP contribution in [-0.4, -0.2) is 28.4 Å². The third kappa shape index (κ3) is 5.05. The normalized spacial score (nSPS) is 16.3. The van der Waals surface area contributed by atoms with Crippen LogP contribution in [0.5, 0.6) is 0 Å². The molecule has 1 saturated carbocycles. The average Bonchev–Trinajstić information content (AvgIpc) is 2.95. The van der Waals surface area contributed by atoms with E-state index in [1.54, 1.807) is 24.3 Å². The average molecular weight is 346 g/mol. The van der Waals surface area contributed by atoms with Crippen LogP contribution in [0, 0.1) is 5.41 Å². The summed E-state index contributed by atoms with van der Waals surface area (Å²) in [6.07, 6.45) is 2.69. The zero-order valence-corrected chi connectivity index (χ0v) is 15.0. The van der Waals surface area contributed by atoms with Crippen molar-refractivity contribution in [3.8, 4) is 0 Å². The molecule has 0 unspecified atom stereocenters. The minimum atomic E-state index is -0.953. The number of carbonyl (C=O) groups excluding carboxylic acids is 2. The molecule has 0 aromatic heterocycles. The molecule has 0 saturated heterocycles. The summed E-state index contributed by atoms with van der Waals surface area (Å²) >= 11 is 0. The molecule has 0 heterocycles. The lowest BCUT2D eigenvalue weighted by Crippen LogP contribution is -2.40. The lowest BCUT2D eigenvalue weighted by Gasteiger charge is -2.23. The minimum Gasteiger partial charge on any atom is -0.481 e. The maximum atomic E-state index is 12.3. The van der Waals surface area contributed by atoms with Gasteiger partial charge in [0.05, 0.1) is 5.41 Å². The highest BCUT2D eigenvalue weighted by atomic mass is 16.4. The van der Waals surface area contributed by atoms with E-state index in [0.29, 0.717) is 24.1 Å². The summed E-state index contributed by atoms with van der Waals surface area (Å²) in [5.41, 5.74) is -0.371. The molecule has 0 bridgehead atoms. The minimum absolute atomic E-state index is 0.0409. The third-order valence-electron chi connectivity index (χ3n) is 4.41. The van der Waals surface area contributed by atoms with E-state index < -0.39 is 11.4 Å². The molecule has 0 atom stereocenters. The Hall–Kier alpha value is -2.37. The van der Waals surface area contributed by atoms with Gasteiger partial charge in [-0.1, -0.05) is 18.9 Å². The molecule has 136 valence electrons. The Labute approximate surface area is 148 Å². The molecule has 0 spiro atoms. The second-order valence-corrected chi connectivity index (χ2v) is 7.80. The predicted molar refractivity (Wildman–Crippen MR) is 95.4 cm³/mol. The molecule has 1 aromatic carbocycles. The van der Waals surface area contributed by atoms with Gasteiger partial charge in [0.15, 0.2) is 0 Å². The fourth-order valence-electron chi connectivity index (χ4n) is 3.18. The zero-order valence-electron chi connectivity index (χ0n) is 15.0. The molecule has 1 aromatic rings. The number of amides is 2. The van der Waals surface area contributed by atoms with Gasteiger partial charge in [0, 0.05) is 23.2 Å². The van der Waals surface area contributed by atoms with Crippen LogP contribution in [-0.2, 0) is 9.59 Å². The maximum absolute atomic E-state index is 12.3.